The second kappa shape index (κ2) is 8.35. The zero-order chi connectivity index (χ0) is 20.1. The molecule has 0 radical (unpaired) electrons. The van der Waals surface area contributed by atoms with E-state index in [1.54, 1.807) is 60.8 Å². The predicted octanol–water partition coefficient (Wildman–Crippen LogP) is 3.64. The number of carbonyl (C=O) groups is 1. The SMILES string of the molecule is Cc1ccc(C(=O)NC[C@H](c2cccnc2)S(=O)(=O)c2ccccc2)cc1C. The molecule has 1 heterocycles. The van der Waals surface area contributed by atoms with E-state index >= 15 is 0 Å². The standard InChI is InChI=1S/C22H22N2O3S/c1-16-10-11-18(13-17(16)2)22(25)24-15-21(19-7-6-12-23-14-19)28(26,27)20-8-4-3-5-9-20/h3-14,21H,15H2,1-2H3,(H,24,25)/t21-/m1/s1. The molecule has 3 aromatic rings. The highest BCUT2D eigenvalue weighted by Crippen LogP contribution is 2.28. The van der Waals surface area contributed by atoms with E-state index < -0.39 is 15.1 Å². The predicted molar refractivity (Wildman–Crippen MR) is 109 cm³/mol. The molecule has 144 valence electrons. The second-order valence-corrected chi connectivity index (χ2v) is 8.77. The molecule has 1 amide bonds. The van der Waals surface area contributed by atoms with Gasteiger partial charge in [0, 0.05) is 24.5 Å². The first-order valence-corrected chi connectivity index (χ1v) is 10.5. The molecule has 6 heteroatoms. The van der Waals surface area contributed by atoms with Crippen LogP contribution in [0.4, 0.5) is 0 Å². The minimum atomic E-state index is -3.70. The van der Waals surface area contributed by atoms with Crippen molar-refractivity contribution in [3.05, 3.63) is 95.3 Å². The summed E-state index contributed by atoms with van der Waals surface area (Å²) in [5, 5.41) is 1.84. The Morgan fingerprint density at radius 2 is 1.75 bits per heavy atom. The summed E-state index contributed by atoms with van der Waals surface area (Å²) in [6.45, 7) is 3.86. The Labute approximate surface area is 165 Å². The van der Waals surface area contributed by atoms with Crippen LogP contribution in [-0.4, -0.2) is 25.9 Å². The van der Waals surface area contributed by atoms with E-state index in [2.05, 4.69) is 10.3 Å². The van der Waals surface area contributed by atoms with Crippen molar-refractivity contribution >= 4 is 15.7 Å². The van der Waals surface area contributed by atoms with Crippen LogP contribution in [-0.2, 0) is 9.84 Å². The maximum atomic E-state index is 13.2. The fourth-order valence-electron chi connectivity index (χ4n) is 2.92. The summed E-state index contributed by atoms with van der Waals surface area (Å²) in [5.74, 6) is -0.305. The molecule has 2 aromatic carbocycles. The average molecular weight is 394 g/mol. The Balaban J connectivity index is 1.88. The number of nitrogens with zero attached hydrogens (tertiary/aromatic N) is 1. The van der Waals surface area contributed by atoms with E-state index in [0.29, 0.717) is 11.1 Å². The molecule has 0 spiro atoms. The Morgan fingerprint density at radius 3 is 2.39 bits per heavy atom. The number of amides is 1. The third-order valence-corrected chi connectivity index (χ3v) is 6.84. The molecule has 0 fully saturated rings. The largest absolute Gasteiger partial charge is 0.350 e. The van der Waals surface area contributed by atoms with E-state index in [0.717, 1.165) is 11.1 Å². The van der Waals surface area contributed by atoms with Crippen LogP contribution in [0.1, 0.15) is 32.3 Å². The zero-order valence-electron chi connectivity index (χ0n) is 15.8. The quantitative estimate of drug-likeness (QED) is 0.692. The Hall–Kier alpha value is -2.99. The number of aryl methyl sites for hydroxylation is 2. The first kappa shape index (κ1) is 19.8. The summed E-state index contributed by atoms with van der Waals surface area (Å²) >= 11 is 0. The number of carbonyl (C=O) groups excluding carboxylic acids is 1. The monoisotopic (exact) mass is 394 g/mol. The van der Waals surface area contributed by atoms with Gasteiger partial charge in [0.1, 0.15) is 5.25 Å². The summed E-state index contributed by atoms with van der Waals surface area (Å²) in [4.78, 5) is 16.8. The number of hydrogen-bond donors (Lipinski definition) is 1. The lowest BCUT2D eigenvalue weighted by Crippen LogP contribution is -2.32. The van der Waals surface area contributed by atoms with Crippen LogP contribution in [0.5, 0.6) is 0 Å². The van der Waals surface area contributed by atoms with Gasteiger partial charge in [-0.05, 0) is 60.9 Å². The molecule has 0 saturated carbocycles. The Bertz CT molecular complexity index is 1070. The van der Waals surface area contributed by atoms with Gasteiger partial charge in [-0.3, -0.25) is 9.78 Å². The van der Waals surface area contributed by atoms with Gasteiger partial charge in [0.25, 0.3) is 5.91 Å². The van der Waals surface area contributed by atoms with Crippen LogP contribution in [0.2, 0.25) is 0 Å². The van der Waals surface area contributed by atoms with Gasteiger partial charge in [-0.15, -0.1) is 0 Å². The second-order valence-electron chi connectivity index (χ2n) is 6.64. The fourth-order valence-corrected chi connectivity index (χ4v) is 4.58. The lowest BCUT2D eigenvalue weighted by Gasteiger charge is -2.19. The zero-order valence-corrected chi connectivity index (χ0v) is 16.6. The van der Waals surface area contributed by atoms with Crippen molar-refractivity contribution in [1.82, 2.24) is 10.3 Å². The highest BCUT2D eigenvalue weighted by atomic mass is 32.2. The number of hydrogen-bond acceptors (Lipinski definition) is 4. The van der Waals surface area contributed by atoms with Crippen molar-refractivity contribution in [2.75, 3.05) is 6.54 Å². The van der Waals surface area contributed by atoms with Gasteiger partial charge in [-0.2, -0.15) is 0 Å². The first-order valence-electron chi connectivity index (χ1n) is 8.94. The summed E-state index contributed by atoms with van der Waals surface area (Å²) < 4.78 is 26.4. The third-order valence-electron chi connectivity index (χ3n) is 4.72. The molecular formula is C22H22N2O3S. The van der Waals surface area contributed by atoms with E-state index in [1.807, 2.05) is 19.9 Å². The molecule has 5 nitrogen and oxygen atoms in total. The van der Waals surface area contributed by atoms with Gasteiger partial charge in [0.05, 0.1) is 4.90 Å². The van der Waals surface area contributed by atoms with Gasteiger partial charge >= 0.3 is 0 Å². The number of nitrogens with one attached hydrogen (secondary N) is 1. The average Bonchev–Trinajstić information content (AvgIpc) is 2.71. The summed E-state index contributed by atoms with van der Waals surface area (Å²) in [7, 11) is -3.70. The molecule has 0 bridgehead atoms. The van der Waals surface area contributed by atoms with Gasteiger partial charge < -0.3 is 5.32 Å². The van der Waals surface area contributed by atoms with Crippen LogP contribution in [0.15, 0.2) is 78.0 Å². The van der Waals surface area contributed by atoms with Crippen LogP contribution in [0.3, 0.4) is 0 Å². The van der Waals surface area contributed by atoms with Gasteiger partial charge in [-0.1, -0.05) is 30.3 Å². The molecule has 0 aliphatic rings. The molecule has 0 aliphatic carbocycles. The van der Waals surface area contributed by atoms with E-state index in [4.69, 9.17) is 0 Å². The number of rotatable bonds is 6. The molecule has 28 heavy (non-hydrogen) atoms. The molecule has 0 saturated heterocycles. The first-order chi connectivity index (χ1) is 13.4. The van der Waals surface area contributed by atoms with Crippen molar-refractivity contribution in [2.24, 2.45) is 0 Å². The third kappa shape index (κ3) is 4.28. The molecule has 1 N–H and O–H groups in total. The lowest BCUT2D eigenvalue weighted by atomic mass is 10.1. The maximum Gasteiger partial charge on any atom is 0.251 e. The Kier molecular flexibility index (Phi) is 5.90. The lowest BCUT2D eigenvalue weighted by molar-refractivity contribution is 0.0953. The topological polar surface area (TPSA) is 76.1 Å². The molecule has 1 aromatic heterocycles. The maximum absolute atomic E-state index is 13.2. The molecule has 3 rings (SSSR count). The van der Waals surface area contributed by atoms with Crippen molar-refractivity contribution < 1.29 is 13.2 Å². The van der Waals surface area contributed by atoms with E-state index in [-0.39, 0.29) is 17.3 Å². The minimum absolute atomic E-state index is 0.0469. The summed E-state index contributed by atoms with van der Waals surface area (Å²) in [5.41, 5.74) is 3.14. The van der Waals surface area contributed by atoms with Gasteiger partial charge in [0.2, 0.25) is 0 Å². The highest BCUT2D eigenvalue weighted by Gasteiger charge is 2.29. The van der Waals surface area contributed by atoms with Crippen molar-refractivity contribution in [3.63, 3.8) is 0 Å². The minimum Gasteiger partial charge on any atom is -0.350 e. The fraction of sp³-hybridized carbons (Fsp3) is 0.182. The molecule has 0 aliphatic heterocycles. The summed E-state index contributed by atoms with van der Waals surface area (Å²) in [6, 6.07) is 17.1. The van der Waals surface area contributed by atoms with Crippen LogP contribution in [0, 0.1) is 13.8 Å². The van der Waals surface area contributed by atoms with Crippen molar-refractivity contribution in [2.45, 2.75) is 24.0 Å². The van der Waals surface area contributed by atoms with Crippen LogP contribution < -0.4 is 5.32 Å². The van der Waals surface area contributed by atoms with Crippen molar-refractivity contribution in [3.8, 4) is 0 Å². The molecular weight excluding hydrogens is 372 g/mol. The van der Waals surface area contributed by atoms with Gasteiger partial charge in [0.15, 0.2) is 9.84 Å². The highest BCUT2D eigenvalue weighted by molar-refractivity contribution is 7.91. The number of benzene rings is 2. The molecule has 0 unspecified atom stereocenters. The smallest absolute Gasteiger partial charge is 0.251 e. The van der Waals surface area contributed by atoms with Crippen LogP contribution >= 0.6 is 0 Å². The van der Waals surface area contributed by atoms with E-state index in [9.17, 15) is 13.2 Å². The van der Waals surface area contributed by atoms with Gasteiger partial charge in [-0.25, -0.2) is 8.42 Å². The number of sulfone groups is 1. The Morgan fingerprint density at radius 1 is 1.00 bits per heavy atom. The molecule has 1 atom stereocenters. The number of aromatic nitrogens is 1. The van der Waals surface area contributed by atoms with Crippen molar-refractivity contribution in [1.29, 1.82) is 0 Å². The van der Waals surface area contributed by atoms with Crippen LogP contribution in [0.25, 0.3) is 0 Å². The van der Waals surface area contributed by atoms with E-state index in [1.165, 1.54) is 6.20 Å². The normalized spacial score (nSPS) is 12.4. The summed E-state index contributed by atoms with van der Waals surface area (Å²) in [6.07, 6.45) is 3.11. The number of pyridine rings is 1.